The van der Waals surface area contributed by atoms with E-state index in [1.807, 2.05) is 24.3 Å². The van der Waals surface area contributed by atoms with Crippen LogP contribution in [0.25, 0.3) is 6.08 Å². The molecule has 4 aliphatic rings. The molecule has 0 unspecified atom stereocenters. The molecule has 0 atom stereocenters. The van der Waals surface area contributed by atoms with E-state index in [2.05, 4.69) is 4.90 Å². The maximum absolute atomic E-state index is 12.3. The molecule has 0 N–H and O–H groups in total. The van der Waals surface area contributed by atoms with E-state index < -0.39 is 0 Å². The van der Waals surface area contributed by atoms with Crippen molar-refractivity contribution in [2.75, 3.05) is 26.3 Å². The zero-order chi connectivity index (χ0) is 13.5. The van der Waals surface area contributed by atoms with Crippen molar-refractivity contribution in [1.29, 1.82) is 0 Å². The number of nitrogens with zero attached hydrogens (tertiary/aromatic N) is 1. The third-order valence-corrected chi connectivity index (χ3v) is 4.33. The smallest absolute Gasteiger partial charge is 0.182 e. The number of piperidine rings is 3. The topological polar surface area (TPSA) is 38.8 Å². The fraction of sp³-hybridized carbons (Fsp3) is 0.438. The van der Waals surface area contributed by atoms with Gasteiger partial charge in [-0.3, -0.25) is 4.79 Å². The van der Waals surface area contributed by atoms with Crippen LogP contribution in [-0.4, -0.2) is 37.0 Å². The van der Waals surface area contributed by atoms with Gasteiger partial charge in [0.15, 0.2) is 17.3 Å². The summed E-state index contributed by atoms with van der Waals surface area (Å²) in [6.07, 6.45) is 4.01. The number of hydrogen-bond donors (Lipinski definition) is 0. The van der Waals surface area contributed by atoms with Gasteiger partial charge in [-0.05, 0) is 36.6 Å². The van der Waals surface area contributed by atoms with Crippen LogP contribution in [0.4, 0.5) is 0 Å². The van der Waals surface area contributed by atoms with Gasteiger partial charge >= 0.3 is 0 Å². The van der Waals surface area contributed by atoms with Crippen LogP contribution in [0.15, 0.2) is 23.9 Å². The van der Waals surface area contributed by atoms with Gasteiger partial charge in [0, 0.05) is 19.0 Å². The molecule has 104 valence electrons. The van der Waals surface area contributed by atoms with E-state index >= 15 is 0 Å². The van der Waals surface area contributed by atoms with Crippen LogP contribution in [-0.2, 0) is 4.79 Å². The molecule has 0 aromatic heterocycles. The molecule has 0 radical (unpaired) electrons. The van der Waals surface area contributed by atoms with Crippen molar-refractivity contribution >= 4 is 11.9 Å². The third kappa shape index (κ3) is 1.87. The van der Waals surface area contributed by atoms with Crippen molar-refractivity contribution in [3.05, 3.63) is 29.5 Å². The zero-order valence-electron chi connectivity index (χ0n) is 11.3. The molecule has 1 aromatic rings. The second kappa shape index (κ2) is 4.54. The van der Waals surface area contributed by atoms with Gasteiger partial charge in [0.25, 0.3) is 0 Å². The average Bonchev–Trinajstić information content (AvgIpc) is 2.51. The highest BCUT2D eigenvalue weighted by Gasteiger charge is 2.36. The normalized spacial score (nSPS) is 23.5. The van der Waals surface area contributed by atoms with Crippen LogP contribution in [0.3, 0.4) is 0 Å². The lowest BCUT2D eigenvalue weighted by Crippen LogP contribution is -2.45. The molecule has 20 heavy (non-hydrogen) atoms. The molecule has 0 amide bonds. The van der Waals surface area contributed by atoms with Gasteiger partial charge < -0.3 is 14.4 Å². The molecular formula is C16H17NO3. The standard InChI is InChI=1S/C16H17NO3/c18-16-12-3-5-17(6-4-12)13(16)9-11-1-2-14-15(10-11)20-8-7-19-14/h1-2,9-10,12H,3-8H2. The Hall–Kier alpha value is -1.97. The molecule has 0 aliphatic carbocycles. The van der Waals surface area contributed by atoms with Crippen molar-refractivity contribution < 1.29 is 14.3 Å². The van der Waals surface area contributed by atoms with Gasteiger partial charge in [0.1, 0.15) is 13.2 Å². The number of fused-ring (bicyclic) bond motifs is 4. The number of ether oxygens (including phenoxy) is 2. The van der Waals surface area contributed by atoms with E-state index in [-0.39, 0.29) is 5.92 Å². The van der Waals surface area contributed by atoms with E-state index in [4.69, 9.17) is 9.47 Å². The van der Waals surface area contributed by atoms with E-state index in [1.165, 1.54) is 0 Å². The Balaban J connectivity index is 1.68. The Bertz CT molecular complexity index is 585. The van der Waals surface area contributed by atoms with Gasteiger partial charge in [-0.15, -0.1) is 0 Å². The minimum atomic E-state index is 0.239. The second-order valence-corrected chi connectivity index (χ2v) is 5.56. The summed E-state index contributed by atoms with van der Waals surface area (Å²) in [7, 11) is 0. The molecule has 2 bridgehead atoms. The maximum Gasteiger partial charge on any atom is 0.182 e. The summed E-state index contributed by atoms with van der Waals surface area (Å²) in [5.74, 6) is 2.10. The molecule has 4 nitrogen and oxygen atoms in total. The fourth-order valence-corrected chi connectivity index (χ4v) is 3.22. The lowest BCUT2D eigenvalue weighted by Gasteiger charge is -2.41. The van der Waals surface area contributed by atoms with E-state index in [0.717, 1.165) is 48.7 Å². The molecule has 4 heteroatoms. The average molecular weight is 271 g/mol. The largest absolute Gasteiger partial charge is 0.486 e. The number of rotatable bonds is 1. The molecule has 1 aromatic carbocycles. The highest BCUT2D eigenvalue weighted by molar-refractivity contribution is 6.01. The highest BCUT2D eigenvalue weighted by Crippen LogP contribution is 2.35. The van der Waals surface area contributed by atoms with Crippen LogP contribution >= 0.6 is 0 Å². The SMILES string of the molecule is O=C1C(=Cc2ccc3c(c2)OCCO3)N2CCC1CC2. The first kappa shape index (κ1) is 11.8. The molecule has 3 saturated heterocycles. The van der Waals surface area contributed by atoms with Crippen molar-refractivity contribution in [1.82, 2.24) is 4.90 Å². The first-order valence-corrected chi connectivity index (χ1v) is 7.22. The molecule has 4 aliphatic heterocycles. The van der Waals surface area contributed by atoms with Crippen LogP contribution < -0.4 is 9.47 Å². The second-order valence-electron chi connectivity index (χ2n) is 5.56. The van der Waals surface area contributed by atoms with E-state index in [9.17, 15) is 4.79 Å². The summed E-state index contributed by atoms with van der Waals surface area (Å²) in [6.45, 7) is 3.20. The van der Waals surface area contributed by atoms with Gasteiger partial charge in [0.2, 0.25) is 0 Å². The Morgan fingerprint density at radius 2 is 1.85 bits per heavy atom. The number of benzene rings is 1. The maximum atomic E-state index is 12.3. The molecule has 0 spiro atoms. The summed E-state index contributed by atoms with van der Waals surface area (Å²) < 4.78 is 11.1. The minimum Gasteiger partial charge on any atom is -0.486 e. The van der Waals surface area contributed by atoms with Crippen molar-refractivity contribution in [2.45, 2.75) is 12.8 Å². The summed E-state index contributed by atoms with van der Waals surface area (Å²) in [6, 6.07) is 5.86. The Morgan fingerprint density at radius 3 is 2.60 bits per heavy atom. The van der Waals surface area contributed by atoms with Crippen LogP contribution in [0.1, 0.15) is 18.4 Å². The van der Waals surface area contributed by atoms with Crippen molar-refractivity contribution in [2.24, 2.45) is 5.92 Å². The predicted molar refractivity (Wildman–Crippen MR) is 74.7 cm³/mol. The number of carbonyl (C=O) groups excluding carboxylic acids is 1. The van der Waals surface area contributed by atoms with Crippen LogP contribution in [0.2, 0.25) is 0 Å². The minimum absolute atomic E-state index is 0.239. The Morgan fingerprint density at radius 1 is 1.10 bits per heavy atom. The molecule has 0 saturated carbocycles. The van der Waals surface area contributed by atoms with Crippen LogP contribution in [0.5, 0.6) is 11.5 Å². The molecule has 3 fully saturated rings. The zero-order valence-corrected chi connectivity index (χ0v) is 11.3. The third-order valence-electron chi connectivity index (χ3n) is 4.33. The summed E-state index contributed by atoms with van der Waals surface area (Å²) >= 11 is 0. The van der Waals surface area contributed by atoms with Crippen molar-refractivity contribution in [3.63, 3.8) is 0 Å². The first-order chi connectivity index (χ1) is 9.81. The van der Waals surface area contributed by atoms with Crippen LogP contribution in [0, 0.1) is 5.92 Å². The van der Waals surface area contributed by atoms with Crippen molar-refractivity contribution in [3.8, 4) is 11.5 Å². The number of hydrogen-bond acceptors (Lipinski definition) is 4. The number of Topliss-reactive ketones (excluding diaryl/α,β-unsaturated/α-hetero) is 1. The predicted octanol–water partition coefficient (Wildman–Crippen LogP) is 2.09. The molecule has 4 heterocycles. The lowest BCUT2D eigenvalue weighted by molar-refractivity contribution is -0.125. The van der Waals surface area contributed by atoms with Gasteiger partial charge in [-0.2, -0.15) is 0 Å². The monoisotopic (exact) mass is 271 g/mol. The summed E-state index contributed by atoms with van der Waals surface area (Å²) in [5.41, 5.74) is 1.87. The number of carbonyl (C=O) groups is 1. The van der Waals surface area contributed by atoms with Gasteiger partial charge in [0.05, 0.1) is 5.70 Å². The van der Waals surface area contributed by atoms with E-state index in [1.54, 1.807) is 0 Å². The molecule has 5 rings (SSSR count). The first-order valence-electron chi connectivity index (χ1n) is 7.22. The lowest BCUT2D eigenvalue weighted by atomic mass is 9.84. The summed E-state index contributed by atoms with van der Waals surface area (Å²) in [5, 5.41) is 0. The van der Waals surface area contributed by atoms with Gasteiger partial charge in [-0.25, -0.2) is 0 Å². The highest BCUT2D eigenvalue weighted by atomic mass is 16.6. The number of allylic oxidation sites excluding steroid dienone is 1. The number of ketones is 1. The molecular weight excluding hydrogens is 254 g/mol. The summed E-state index contributed by atoms with van der Waals surface area (Å²) in [4.78, 5) is 14.5. The Labute approximate surface area is 118 Å². The fourth-order valence-electron chi connectivity index (χ4n) is 3.22. The van der Waals surface area contributed by atoms with Gasteiger partial charge in [-0.1, -0.05) is 6.07 Å². The van der Waals surface area contributed by atoms with E-state index in [0.29, 0.717) is 19.0 Å². The Kier molecular flexibility index (Phi) is 2.69. The quantitative estimate of drug-likeness (QED) is 0.733.